The first-order valence-electron chi connectivity index (χ1n) is 4.55. The Morgan fingerprint density at radius 3 is 2.87 bits per heavy atom. The third-order valence-corrected chi connectivity index (χ3v) is 2.34. The van der Waals surface area contributed by atoms with E-state index in [1.807, 2.05) is 24.3 Å². The molecular weight excluding hydrogens is 192 g/mol. The van der Waals surface area contributed by atoms with Gasteiger partial charge in [0.1, 0.15) is 12.4 Å². The van der Waals surface area contributed by atoms with Crippen molar-refractivity contribution in [2.75, 3.05) is 6.61 Å². The predicted molar refractivity (Wildman–Crippen MR) is 56.7 cm³/mol. The molecule has 0 amide bonds. The Balaban J connectivity index is 2.63. The first-order chi connectivity index (χ1) is 7.24. The second kappa shape index (κ2) is 3.61. The molecule has 0 radical (unpaired) electrons. The summed E-state index contributed by atoms with van der Waals surface area (Å²) in [5.74, 6) is -0.253. The highest BCUT2D eigenvalue weighted by atomic mass is 16.5. The molecule has 1 heterocycles. The highest BCUT2D eigenvalue weighted by molar-refractivity contribution is 6.00. The molecule has 3 nitrogen and oxygen atoms in total. The lowest BCUT2D eigenvalue weighted by Crippen LogP contribution is -2.16. The largest absolute Gasteiger partial charge is 0.488 e. The number of carboxylic acid groups (broad SMARTS) is 1. The molecule has 1 N–H and O–H groups in total. The maximum absolute atomic E-state index is 10.9. The van der Waals surface area contributed by atoms with Gasteiger partial charge in [-0.25, -0.2) is 4.79 Å². The summed E-state index contributed by atoms with van der Waals surface area (Å²) in [5.41, 5.74) is 1.68. The summed E-state index contributed by atoms with van der Waals surface area (Å²) in [4.78, 5) is 10.9. The fourth-order valence-electron chi connectivity index (χ4n) is 1.62. The van der Waals surface area contributed by atoms with Gasteiger partial charge in [-0.1, -0.05) is 30.9 Å². The summed E-state index contributed by atoms with van der Waals surface area (Å²) in [6, 6.07) is 7.34. The smallest absolute Gasteiger partial charge is 0.335 e. The molecule has 1 aliphatic rings. The van der Waals surface area contributed by atoms with E-state index in [9.17, 15) is 4.79 Å². The van der Waals surface area contributed by atoms with Gasteiger partial charge in [-0.2, -0.15) is 0 Å². The van der Waals surface area contributed by atoms with Crippen LogP contribution in [0.5, 0.6) is 5.75 Å². The number of hydrogen-bond acceptors (Lipinski definition) is 2. The average molecular weight is 202 g/mol. The average Bonchev–Trinajstić information content (AvgIpc) is 2.27. The fraction of sp³-hybridized carbons (Fsp3) is 0.0833. The predicted octanol–water partition coefficient (Wildman–Crippen LogP) is 2.10. The van der Waals surface area contributed by atoms with Gasteiger partial charge < -0.3 is 9.84 Å². The Labute approximate surface area is 87.3 Å². The van der Waals surface area contributed by atoms with Crippen LogP contribution in [0.1, 0.15) is 5.56 Å². The van der Waals surface area contributed by atoms with Crippen LogP contribution < -0.4 is 4.74 Å². The van der Waals surface area contributed by atoms with Crippen LogP contribution in [0.15, 0.2) is 42.5 Å². The zero-order valence-corrected chi connectivity index (χ0v) is 8.06. The number of benzene rings is 1. The molecule has 0 saturated carbocycles. The molecule has 1 aromatic carbocycles. The van der Waals surface area contributed by atoms with Gasteiger partial charge in [0, 0.05) is 5.56 Å². The van der Waals surface area contributed by atoms with Crippen molar-refractivity contribution in [1.82, 2.24) is 0 Å². The number of allylic oxidation sites excluding steroid dienone is 2. The van der Waals surface area contributed by atoms with Crippen LogP contribution in [0.4, 0.5) is 0 Å². The van der Waals surface area contributed by atoms with Gasteiger partial charge >= 0.3 is 5.97 Å². The van der Waals surface area contributed by atoms with E-state index >= 15 is 0 Å². The van der Waals surface area contributed by atoms with Crippen molar-refractivity contribution in [3.05, 3.63) is 48.1 Å². The number of aliphatic carboxylic acids is 1. The SMILES string of the molecule is C=CC1=C(C(=O)O)COc2ccccc21. The number of rotatable bonds is 2. The van der Waals surface area contributed by atoms with E-state index in [1.54, 1.807) is 6.08 Å². The number of para-hydroxylation sites is 1. The molecule has 0 aliphatic carbocycles. The molecule has 3 heteroatoms. The van der Waals surface area contributed by atoms with E-state index in [0.29, 0.717) is 11.3 Å². The minimum absolute atomic E-state index is 0.0910. The van der Waals surface area contributed by atoms with Crippen molar-refractivity contribution in [2.45, 2.75) is 0 Å². The fourth-order valence-corrected chi connectivity index (χ4v) is 1.62. The van der Waals surface area contributed by atoms with Crippen LogP contribution in [0.3, 0.4) is 0 Å². The lowest BCUT2D eigenvalue weighted by Gasteiger charge is -2.19. The zero-order chi connectivity index (χ0) is 10.8. The van der Waals surface area contributed by atoms with Crippen LogP contribution in [0, 0.1) is 0 Å². The Bertz CT molecular complexity index is 458. The molecule has 0 unspecified atom stereocenters. The number of fused-ring (bicyclic) bond motifs is 1. The summed E-state index contributed by atoms with van der Waals surface area (Å²) in [5, 5.41) is 8.98. The Morgan fingerprint density at radius 2 is 2.20 bits per heavy atom. The molecule has 0 saturated heterocycles. The van der Waals surface area contributed by atoms with Crippen molar-refractivity contribution >= 4 is 11.5 Å². The van der Waals surface area contributed by atoms with Gasteiger partial charge in [0.05, 0.1) is 5.57 Å². The van der Waals surface area contributed by atoms with Crippen LogP contribution in [0.2, 0.25) is 0 Å². The van der Waals surface area contributed by atoms with E-state index in [0.717, 1.165) is 5.56 Å². The summed E-state index contributed by atoms with van der Waals surface area (Å²) < 4.78 is 5.34. The Morgan fingerprint density at radius 1 is 1.47 bits per heavy atom. The number of ether oxygens (including phenoxy) is 1. The molecule has 0 fully saturated rings. The molecule has 2 rings (SSSR count). The molecule has 0 aromatic heterocycles. The topological polar surface area (TPSA) is 46.5 Å². The zero-order valence-electron chi connectivity index (χ0n) is 8.06. The lowest BCUT2D eigenvalue weighted by atomic mass is 9.97. The quantitative estimate of drug-likeness (QED) is 0.798. The van der Waals surface area contributed by atoms with Crippen molar-refractivity contribution in [1.29, 1.82) is 0 Å². The molecule has 0 bridgehead atoms. The summed E-state index contributed by atoms with van der Waals surface area (Å²) in [6.45, 7) is 3.73. The summed E-state index contributed by atoms with van der Waals surface area (Å²) in [7, 11) is 0. The highest BCUT2D eigenvalue weighted by Gasteiger charge is 2.21. The third-order valence-electron chi connectivity index (χ3n) is 2.34. The van der Waals surface area contributed by atoms with E-state index in [1.165, 1.54) is 0 Å². The van der Waals surface area contributed by atoms with E-state index in [4.69, 9.17) is 9.84 Å². The first kappa shape index (κ1) is 9.52. The maximum Gasteiger partial charge on any atom is 0.335 e. The highest BCUT2D eigenvalue weighted by Crippen LogP contribution is 2.33. The molecule has 76 valence electrons. The van der Waals surface area contributed by atoms with E-state index < -0.39 is 5.97 Å². The maximum atomic E-state index is 10.9. The molecule has 1 aromatic rings. The monoisotopic (exact) mass is 202 g/mol. The Kier molecular flexibility index (Phi) is 2.29. The molecule has 0 spiro atoms. The van der Waals surface area contributed by atoms with Gasteiger partial charge in [0.15, 0.2) is 0 Å². The van der Waals surface area contributed by atoms with Crippen molar-refractivity contribution in [3.63, 3.8) is 0 Å². The molecule has 1 aliphatic heterocycles. The summed E-state index contributed by atoms with van der Waals surface area (Å²) in [6.07, 6.45) is 1.56. The number of carbonyl (C=O) groups is 1. The number of carboxylic acids is 1. The molecule has 15 heavy (non-hydrogen) atoms. The summed E-state index contributed by atoms with van der Waals surface area (Å²) >= 11 is 0. The van der Waals surface area contributed by atoms with Gasteiger partial charge in [0.2, 0.25) is 0 Å². The van der Waals surface area contributed by atoms with Crippen molar-refractivity contribution in [3.8, 4) is 5.75 Å². The van der Waals surface area contributed by atoms with Gasteiger partial charge in [-0.05, 0) is 11.6 Å². The number of hydrogen-bond donors (Lipinski definition) is 1. The minimum atomic E-state index is -0.959. The van der Waals surface area contributed by atoms with Crippen LogP contribution in [-0.2, 0) is 4.79 Å². The minimum Gasteiger partial charge on any atom is -0.488 e. The lowest BCUT2D eigenvalue weighted by molar-refractivity contribution is -0.133. The first-order valence-corrected chi connectivity index (χ1v) is 4.55. The van der Waals surface area contributed by atoms with Crippen LogP contribution >= 0.6 is 0 Å². The van der Waals surface area contributed by atoms with Crippen LogP contribution in [0.25, 0.3) is 5.57 Å². The normalized spacial score (nSPS) is 14.1. The third kappa shape index (κ3) is 1.52. The van der Waals surface area contributed by atoms with Gasteiger partial charge in [-0.15, -0.1) is 0 Å². The van der Waals surface area contributed by atoms with Crippen molar-refractivity contribution < 1.29 is 14.6 Å². The standard InChI is InChI=1S/C12H10O3/c1-2-8-9-5-3-4-6-11(9)15-7-10(8)12(13)14/h2-6H,1,7H2,(H,13,14). The Hall–Kier alpha value is -2.03. The van der Waals surface area contributed by atoms with Crippen molar-refractivity contribution in [2.24, 2.45) is 0 Å². The van der Waals surface area contributed by atoms with Gasteiger partial charge in [0.25, 0.3) is 0 Å². The molecule has 0 atom stereocenters. The second-order valence-electron chi connectivity index (χ2n) is 3.19. The van der Waals surface area contributed by atoms with Gasteiger partial charge in [-0.3, -0.25) is 0 Å². The van der Waals surface area contributed by atoms with Crippen LogP contribution in [-0.4, -0.2) is 17.7 Å². The second-order valence-corrected chi connectivity index (χ2v) is 3.19. The van der Waals surface area contributed by atoms with E-state index in [2.05, 4.69) is 6.58 Å². The van der Waals surface area contributed by atoms with E-state index in [-0.39, 0.29) is 12.2 Å². The molecular formula is C12H10O3.